The van der Waals surface area contributed by atoms with Crippen molar-refractivity contribution >= 4 is 34.9 Å². The lowest BCUT2D eigenvalue weighted by molar-refractivity contribution is 0.250. The van der Waals surface area contributed by atoms with Crippen LogP contribution < -0.4 is 10.6 Å². The topological polar surface area (TPSA) is 41.1 Å². The van der Waals surface area contributed by atoms with Crippen molar-refractivity contribution in [3.8, 4) is 0 Å². The first-order valence-corrected chi connectivity index (χ1v) is 6.26. The van der Waals surface area contributed by atoms with Crippen LogP contribution in [0.25, 0.3) is 0 Å². The number of nitrogens with one attached hydrogen (secondary N) is 2. The maximum atomic E-state index is 11.7. The van der Waals surface area contributed by atoms with Crippen LogP contribution in [0.2, 0.25) is 5.02 Å². The second-order valence-corrected chi connectivity index (χ2v) is 4.77. The van der Waals surface area contributed by atoms with Gasteiger partial charge in [0.25, 0.3) is 0 Å². The van der Waals surface area contributed by atoms with Gasteiger partial charge in [0.1, 0.15) is 0 Å². The Labute approximate surface area is 115 Å². The Kier molecular flexibility index (Phi) is 4.28. The van der Waals surface area contributed by atoms with E-state index >= 15 is 0 Å². The number of hydrogen-bond donors (Lipinski definition) is 2. The van der Waals surface area contributed by atoms with E-state index in [-0.39, 0.29) is 12.1 Å². The molecule has 2 rings (SSSR count). The number of hydrogen-bond acceptors (Lipinski definition) is 1. The van der Waals surface area contributed by atoms with Crippen molar-refractivity contribution in [3.63, 3.8) is 0 Å². The summed E-state index contributed by atoms with van der Waals surface area (Å²) in [6.45, 7) is 0. The number of carbonyl (C=O) groups is 1. The molecule has 94 valence electrons. The molecule has 0 bridgehead atoms. The summed E-state index contributed by atoms with van der Waals surface area (Å²) >= 11 is 11.6. The van der Waals surface area contributed by atoms with Crippen molar-refractivity contribution in [3.05, 3.63) is 52.5 Å². The van der Waals surface area contributed by atoms with E-state index in [2.05, 4.69) is 10.6 Å². The Morgan fingerprint density at radius 1 is 1.22 bits per heavy atom. The van der Waals surface area contributed by atoms with Crippen molar-refractivity contribution in [2.24, 2.45) is 0 Å². The number of halogens is 2. The summed E-state index contributed by atoms with van der Waals surface area (Å²) in [5.41, 5.74) is 0.699. The van der Waals surface area contributed by atoms with Crippen molar-refractivity contribution in [1.29, 1.82) is 0 Å². The zero-order chi connectivity index (χ0) is 13.0. The van der Waals surface area contributed by atoms with Gasteiger partial charge in [-0.05, 0) is 36.8 Å². The molecule has 1 atom stereocenters. The molecule has 1 unspecified atom stereocenters. The third-order valence-electron chi connectivity index (χ3n) is 2.47. The van der Waals surface area contributed by atoms with Gasteiger partial charge >= 0.3 is 6.03 Å². The molecule has 0 aromatic heterocycles. The summed E-state index contributed by atoms with van der Waals surface area (Å²) in [6, 6.07) is 6.66. The lowest BCUT2D eigenvalue weighted by atomic mass is 10.1. The summed E-state index contributed by atoms with van der Waals surface area (Å²) < 4.78 is 0. The first-order valence-electron chi connectivity index (χ1n) is 5.50. The lowest BCUT2D eigenvalue weighted by Crippen LogP contribution is -2.37. The molecule has 1 aromatic carbocycles. The Hall–Kier alpha value is -1.45. The number of allylic oxidation sites excluding steroid dienone is 2. The molecule has 0 spiro atoms. The number of carbonyl (C=O) groups excluding carboxylic acids is 1. The Morgan fingerprint density at radius 3 is 2.56 bits per heavy atom. The second kappa shape index (κ2) is 5.94. The van der Waals surface area contributed by atoms with Crippen molar-refractivity contribution < 1.29 is 4.79 Å². The van der Waals surface area contributed by atoms with Gasteiger partial charge in [-0.1, -0.05) is 35.4 Å². The minimum absolute atomic E-state index is 0.0280. The Morgan fingerprint density at radius 2 is 1.94 bits per heavy atom. The molecule has 0 heterocycles. The van der Waals surface area contributed by atoms with Gasteiger partial charge in [0.05, 0.1) is 6.04 Å². The zero-order valence-corrected chi connectivity index (χ0v) is 11.0. The van der Waals surface area contributed by atoms with Gasteiger partial charge in [0, 0.05) is 15.7 Å². The molecule has 18 heavy (non-hydrogen) atoms. The minimum atomic E-state index is -0.251. The number of benzene rings is 1. The highest BCUT2D eigenvalue weighted by Crippen LogP contribution is 2.15. The van der Waals surface area contributed by atoms with E-state index in [1.54, 1.807) is 30.3 Å². The molecular weight excluding hydrogens is 271 g/mol. The highest BCUT2D eigenvalue weighted by molar-refractivity contribution is 6.31. The molecule has 5 heteroatoms. The van der Waals surface area contributed by atoms with Crippen molar-refractivity contribution in [2.45, 2.75) is 12.5 Å². The van der Waals surface area contributed by atoms with Crippen LogP contribution in [-0.4, -0.2) is 12.1 Å². The molecule has 1 aliphatic rings. The Bertz CT molecular complexity index is 494. The van der Waals surface area contributed by atoms with Gasteiger partial charge in [-0.3, -0.25) is 0 Å². The minimum Gasteiger partial charge on any atom is -0.331 e. The van der Waals surface area contributed by atoms with Crippen LogP contribution in [0, 0.1) is 0 Å². The highest BCUT2D eigenvalue weighted by Gasteiger charge is 2.11. The maximum Gasteiger partial charge on any atom is 0.319 e. The fraction of sp³-hybridized carbons (Fsp3) is 0.154. The molecule has 3 nitrogen and oxygen atoms in total. The molecule has 0 saturated carbocycles. The summed E-state index contributed by atoms with van der Waals surface area (Å²) in [5, 5.41) is 6.90. The predicted molar refractivity (Wildman–Crippen MR) is 75.1 cm³/mol. The first-order chi connectivity index (χ1) is 8.63. The quantitative estimate of drug-likeness (QED) is 0.848. The van der Waals surface area contributed by atoms with E-state index in [9.17, 15) is 4.79 Å². The van der Waals surface area contributed by atoms with Crippen LogP contribution in [0.4, 0.5) is 10.5 Å². The third kappa shape index (κ3) is 3.79. The number of amides is 2. The summed E-state index contributed by atoms with van der Waals surface area (Å²) in [5.74, 6) is 0. The van der Waals surface area contributed by atoms with E-state index in [0.717, 1.165) is 0 Å². The molecule has 0 aliphatic heterocycles. The standard InChI is InChI=1S/C13H12Cl2N2O/c14-9-1-5-11(6-2-9)16-13(18)17-12-7-3-10(15)4-8-12/h1-7,12H,8H2,(H2,16,17,18). The van der Waals surface area contributed by atoms with Gasteiger partial charge in [0.15, 0.2) is 0 Å². The van der Waals surface area contributed by atoms with Crippen LogP contribution in [0.3, 0.4) is 0 Å². The maximum absolute atomic E-state index is 11.7. The summed E-state index contributed by atoms with van der Waals surface area (Å²) in [4.78, 5) is 11.7. The normalized spacial score (nSPS) is 18.1. The molecule has 2 amide bonds. The van der Waals surface area contributed by atoms with Gasteiger partial charge < -0.3 is 10.6 Å². The second-order valence-electron chi connectivity index (χ2n) is 3.90. The average molecular weight is 283 g/mol. The fourth-order valence-electron chi connectivity index (χ4n) is 1.57. The SMILES string of the molecule is O=C(Nc1ccc(Cl)cc1)NC1C=CC(Cl)=CC1. The molecule has 2 N–H and O–H groups in total. The molecule has 0 fully saturated rings. The van der Waals surface area contributed by atoms with Crippen LogP contribution in [0.1, 0.15) is 6.42 Å². The number of rotatable bonds is 2. The van der Waals surface area contributed by atoms with Gasteiger partial charge in [-0.2, -0.15) is 0 Å². The van der Waals surface area contributed by atoms with Gasteiger partial charge in [0.2, 0.25) is 0 Å². The van der Waals surface area contributed by atoms with Gasteiger partial charge in [-0.15, -0.1) is 0 Å². The van der Waals surface area contributed by atoms with Crippen LogP contribution in [0.15, 0.2) is 47.5 Å². The summed E-state index contributed by atoms with van der Waals surface area (Å²) in [6.07, 6.45) is 6.21. The molecule has 1 aromatic rings. The smallest absolute Gasteiger partial charge is 0.319 e. The molecular formula is C13H12Cl2N2O. The van der Waals surface area contributed by atoms with Crippen LogP contribution in [0.5, 0.6) is 0 Å². The lowest BCUT2D eigenvalue weighted by Gasteiger charge is -2.16. The van der Waals surface area contributed by atoms with Crippen LogP contribution >= 0.6 is 23.2 Å². The first kappa shape index (κ1) is 13.0. The fourth-order valence-corrected chi connectivity index (χ4v) is 1.86. The largest absolute Gasteiger partial charge is 0.331 e. The number of anilines is 1. The van der Waals surface area contributed by atoms with Crippen LogP contribution in [-0.2, 0) is 0 Å². The number of urea groups is 1. The van der Waals surface area contributed by atoms with E-state index < -0.39 is 0 Å². The highest BCUT2D eigenvalue weighted by atomic mass is 35.5. The van der Waals surface area contributed by atoms with E-state index in [0.29, 0.717) is 22.2 Å². The van der Waals surface area contributed by atoms with Gasteiger partial charge in [-0.25, -0.2) is 4.79 Å². The van der Waals surface area contributed by atoms with Crippen molar-refractivity contribution in [2.75, 3.05) is 5.32 Å². The van der Waals surface area contributed by atoms with E-state index in [4.69, 9.17) is 23.2 Å². The Balaban J connectivity index is 1.86. The average Bonchev–Trinajstić information content (AvgIpc) is 2.35. The molecule has 0 radical (unpaired) electrons. The predicted octanol–water partition coefficient (Wildman–Crippen LogP) is 3.91. The molecule has 1 aliphatic carbocycles. The van der Waals surface area contributed by atoms with E-state index in [1.807, 2.05) is 12.2 Å². The van der Waals surface area contributed by atoms with Crippen molar-refractivity contribution in [1.82, 2.24) is 5.32 Å². The van der Waals surface area contributed by atoms with E-state index in [1.165, 1.54) is 0 Å². The monoisotopic (exact) mass is 282 g/mol. The zero-order valence-electron chi connectivity index (χ0n) is 9.49. The summed E-state index contributed by atoms with van der Waals surface area (Å²) in [7, 11) is 0. The molecule has 0 saturated heterocycles. The third-order valence-corrected chi connectivity index (χ3v) is 3.01.